The van der Waals surface area contributed by atoms with Crippen LogP contribution in [0.2, 0.25) is 0 Å². The normalized spacial score (nSPS) is 10.9. The molecule has 0 aromatic heterocycles. The number of guanidine groups is 1. The monoisotopic (exact) mass is 482 g/mol. The lowest BCUT2D eigenvalue weighted by molar-refractivity contribution is -0.116. The summed E-state index contributed by atoms with van der Waals surface area (Å²) in [4.78, 5) is 16.0. The number of aliphatic imine (C=N–C) groups is 1. The number of nitrogens with zero attached hydrogens (tertiary/aromatic N) is 1. The van der Waals surface area contributed by atoms with Crippen molar-refractivity contribution in [1.29, 1.82) is 0 Å². The summed E-state index contributed by atoms with van der Waals surface area (Å²) < 4.78 is 1.00. The van der Waals surface area contributed by atoms with Crippen molar-refractivity contribution in [1.82, 2.24) is 10.6 Å². The molecule has 1 amide bonds. The third-order valence-electron chi connectivity index (χ3n) is 2.76. The van der Waals surface area contributed by atoms with Gasteiger partial charge in [0.2, 0.25) is 5.91 Å². The minimum absolute atomic E-state index is 0. The Morgan fingerprint density at radius 2 is 2.05 bits per heavy atom. The average molecular weight is 483 g/mol. The SMILES string of the molecule is CN=C(NCCC(=O)Nc1ccc(Br)cc1C)NC(C)C.I. The van der Waals surface area contributed by atoms with Crippen LogP contribution in [0.1, 0.15) is 25.8 Å². The van der Waals surface area contributed by atoms with Gasteiger partial charge in [0.1, 0.15) is 0 Å². The van der Waals surface area contributed by atoms with Crippen LogP contribution in [0.4, 0.5) is 5.69 Å². The Hall–Kier alpha value is -0.830. The van der Waals surface area contributed by atoms with Gasteiger partial charge >= 0.3 is 0 Å². The molecule has 22 heavy (non-hydrogen) atoms. The van der Waals surface area contributed by atoms with Crippen LogP contribution >= 0.6 is 39.9 Å². The Labute approximate surface area is 157 Å². The summed E-state index contributed by atoms with van der Waals surface area (Å²) in [6, 6.07) is 6.08. The van der Waals surface area contributed by atoms with Gasteiger partial charge in [-0.25, -0.2) is 0 Å². The first-order valence-corrected chi connectivity index (χ1v) is 7.75. The molecule has 0 aliphatic carbocycles. The maximum atomic E-state index is 11.9. The molecule has 0 saturated heterocycles. The Morgan fingerprint density at radius 1 is 1.36 bits per heavy atom. The highest BCUT2D eigenvalue weighted by molar-refractivity contribution is 14.0. The molecule has 3 N–H and O–H groups in total. The predicted molar refractivity (Wildman–Crippen MR) is 107 cm³/mol. The van der Waals surface area contributed by atoms with Crippen LogP contribution in [0.5, 0.6) is 0 Å². The number of anilines is 1. The van der Waals surface area contributed by atoms with Gasteiger partial charge in [-0.1, -0.05) is 15.9 Å². The molecule has 0 saturated carbocycles. The van der Waals surface area contributed by atoms with E-state index in [9.17, 15) is 4.79 Å². The van der Waals surface area contributed by atoms with Crippen molar-refractivity contribution in [2.24, 2.45) is 4.99 Å². The molecule has 0 fully saturated rings. The average Bonchev–Trinajstić information content (AvgIpc) is 2.40. The number of benzene rings is 1. The predicted octanol–water partition coefficient (Wildman–Crippen LogP) is 3.28. The molecule has 0 radical (unpaired) electrons. The molecule has 1 aromatic rings. The maximum absolute atomic E-state index is 11.9. The van der Waals surface area contributed by atoms with Crippen LogP contribution in [0.25, 0.3) is 0 Å². The van der Waals surface area contributed by atoms with Crippen molar-refractivity contribution >= 4 is 57.5 Å². The number of halogens is 2. The van der Waals surface area contributed by atoms with Crippen LogP contribution < -0.4 is 16.0 Å². The van der Waals surface area contributed by atoms with E-state index < -0.39 is 0 Å². The Morgan fingerprint density at radius 3 is 2.59 bits per heavy atom. The number of carbonyl (C=O) groups is 1. The van der Waals surface area contributed by atoms with Crippen molar-refractivity contribution in [3.63, 3.8) is 0 Å². The summed E-state index contributed by atoms with van der Waals surface area (Å²) in [5.74, 6) is 0.686. The van der Waals surface area contributed by atoms with Gasteiger partial charge in [-0.15, -0.1) is 24.0 Å². The summed E-state index contributed by atoms with van der Waals surface area (Å²) >= 11 is 3.40. The van der Waals surface area contributed by atoms with E-state index >= 15 is 0 Å². The van der Waals surface area contributed by atoms with E-state index in [0.717, 1.165) is 15.7 Å². The second-order valence-electron chi connectivity index (χ2n) is 5.06. The highest BCUT2D eigenvalue weighted by atomic mass is 127. The first-order chi connectivity index (χ1) is 9.92. The Bertz CT molecular complexity index is 520. The summed E-state index contributed by atoms with van der Waals surface area (Å²) in [7, 11) is 1.71. The third kappa shape index (κ3) is 7.98. The van der Waals surface area contributed by atoms with Gasteiger partial charge in [0, 0.05) is 36.2 Å². The smallest absolute Gasteiger partial charge is 0.226 e. The van der Waals surface area contributed by atoms with Crippen LogP contribution in [0.15, 0.2) is 27.7 Å². The van der Waals surface area contributed by atoms with E-state index in [0.29, 0.717) is 25.0 Å². The highest BCUT2D eigenvalue weighted by Gasteiger charge is 2.06. The van der Waals surface area contributed by atoms with Crippen LogP contribution in [0, 0.1) is 6.92 Å². The lowest BCUT2D eigenvalue weighted by Gasteiger charge is -2.14. The van der Waals surface area contributed by atoms with E-state index in [1.54, 1.807) is 7.05 Å². The largest absolute Gasteiger partial charge is 0.356 e. The van der Waals surface area contributed by atoms with Gasteiger partial charge in [-0.05, 0) is 44.5 Å². The van der Waals surface area contributed by atoms with E-state index in [-0.39, 0.29) is 29.9 Å². The zero-order valence-electron chi connectivity index (χ0n) is 13.4. The number of amides is 1. The number of hydrogen-bond donors (Lipinski definition) is 3. The lowest BCUT2D eigenvalue weighted by atomic mass is 10.2. The highest BCUT2D eigenvalue weighted by Crippen LogP contribution is 2.19. The maximum Gasteiger partial charge on any atom is 0.226 e. The fourth-order valence-electron chi connectivity index (χ4n) is 1.74. The summed E-state index contributed by atoms with van der Waals surface area (Å²) in [6.07, 6.45) is 0.383. The Kier molecular flexibility index (Phi) is 10.4. The standard InChI is InChI=1S/C15H23BrN4O.HI/c1-10(2)19-15(17-4)18-8-7-14(21)20-13-6-5-12(16)9-11(13)3;/h5-6,9-10H,7-8H2,1-4H3,(H,20,21)(H2,17,18,19);1H. The molecule has 0 bridgehead atoms. The number of aryl methyl sites for hydroxylation is 1. The van der Waals surface area contributed by atoms with E-state index in [2.05, 4.69) is 36.9 Å². The van der Waals surface area contributed by atoms with Crippen LogP contribution in [-0.2, 0) is 4.79 Å². The van der Waals surface area contributed by atoms with E-state index in [1.807, 2.05) is 39.0 Å². The zero-order valence-corrected chi connectivity index (χ0v) is 17.3. The van der Waals surface area contributed by atoms with Gasteiger partial charge in [0.05, 0.1) is 0 Å². The molecule has 0 atom stereocenters. The van der Waals surface area contributed by atoms with Gasteiger partial charge in [0.25, 0.3) is 0 Å². The van der Waals surface area contributed by atoms with Gasteiger partial charge in [-0.2, -0.15) is 0 Å². The molecule has 0 unspecified atom stereocenters. The molecule has 124 valence electrons. The third-order valence-corrected chi connectivity index (χ3v) is 3.25. The molecule has 5 nitrogen and oxygen atoms in total. The van der Waals surface area contributed by atoms with Crippen molar-refractivity contribution in [2.45, 2.75) is 33.2 Å². The molecule has 1 rings (SSSR count). The minimum Gasteiger partial charge on any atom is -0.356 e. The topological polar surface area (TPSA) is 65.5 Å². The number of nitrogens with one attached hydrogen (secondary N) is 3. The quantitative estimate of drug-likeness (QED) is 0.343. The first-order valence-electron chi connectivity index (χ1n) is 6.95. The molecule has 0 spiro atoms. The Balaban J connectivity index is 0.00000441. The van der Waals surface area contributed by atoms with E-state index in [4.69, 9.17) is 0 Å². The van der Waals surface area contributed by atoms with Gasteiger partial charge in [0.15, 0.2) is 5.96 Å². The second kappa shape index (κ2) is 10.8. The van der Waals surface area contributed by atoms with Gasteiger partial charge in [-0.3, -0.25) is 9.79 Å². The molecular formula is C15H24BrIN4O. The van der Waals surface area contributed by atoms with Crippen LogP contribution in [0.3, 0.4) is 0 Å². The number of hydrogen-bond acceptors (Lipinski definition) is 2. The van der Waals surface area contributed by atoms with Crippen molar-refractivity contribution in [3.05, 3.63) is 28.2 Å². The van der Waals surface area contributed by atoms with Crippen LogP contribution in [-0.4, -0.2) is 31.5 Å². The molecule has 0 heterocycles. The summed E-state index contributed by atoms with van der Waals surface area (Å²) in [6.45, 7) is 6.58. The number of rotatable bonds is 5. The molecular weight excluding hydrogens is 459 g/mol. The molecule has 7 heteroatoms. The summed E-state index contributed by atoms with van der Waals surface area (Å²) in [5.41, 5.74) is 1.87. The zero-order chi connectivity index (χ0) is 15.8. The second-order valence-corrected chi connectivity index (χ2v) is 5.97. The van der Waals surface area contributed by atoms with E-state index in [1.165, 1.54) is 0 Å². The van der Waals surface area contributed by atoms with Crippen molar-refractivity contribution < 1.29 is 4.79 Å². The van der Waals surface area contributed by atoms with Gasteiger partial charge < -0.3 is 16.0 Å². The fraction of sp³-hybridized carbons (Fsp3) is 0.467. The fourth-order valence-corrected chi connectivity index (χ4v) is 2.22. The minimum atomic E-state index is -0.0204. The first kappa shape index (κ1) is 21.2. The summed E-state index contributed by atoms with van der Waals surface area (Å²) in [5, 5.41) is 9.19. The number of carbonyl (C=O) groups excluding carboxylic acids is 1. The van der Waals surface area contributed by atoms with Crippen molar-refractivity contribution in [3.8, 4) is 0 Å². The van der Waals surface area contributed by atoms with Crippen molar-refractivity contribution in [2.75, 3.05) is 18.9 Å². The lowest BCUT2D eigenvalue weighted by Crippen LogP contribution is -2.41. The molecule has 0 aliphatic rings. The molecule has 1 aromatic carbocycles. The molecule has 0 aliphatic heterocycles.